The molecule has 0 spiro atoms. The molecule has 2 aliphatic rings. The standard InChI is InChI=1S/C19H20N4O4S/c1-11-10-22-18(17(21-19(22)28-11)13-6-4-5-7-20-13)12-8-15(26-2)16(27-3)9-14(12)23(24)25/h4-9,11,17-18H,10H2,1-3H3/t11-,17-,18+/m0/s1. The SMILES string of the molecule is COc1cc([C@@H]2[C@H](c3ccccn3)N=C3S[C@@H](C)CN32)c([N+](=O)[O-])cc1OC. The van der Waals surface area contributed by atoms with E-state index in [9.17, 15) is 10.1 Å². The maximum Gasteiger partial charge on any atom is 0.278 e. The van der Waals surface area contributed by atoms with Crippen LogP contribution in [0, 0.1) is 10.1 Å². The Hall–Kier alpha value is -2.81. The molecule has 1 fully saturated rings. The Morgan fingerprint density at radius 2 is 2.00 bits per heavy atom. The summed E-state index contributed by atoms with van der Waals surface area (Å²) in [5.74, 6) is 0.784. The lowest BCUT2D eigenvalue weighted by atomic mass is 9.94. The van der Waals surface area contributed by atoms with E-state index in [4.69, 9.17) is 14.5 Å². The summed E-state index contributed by atoms with van der Waals surface area (Å²) >= 11 is 1.69. The van der Waals surface area contributed by atoms with Gasteiger partial charge >= 0.3 is 0 Å². The molecule has 4 rings (SSSR count). The summed E-state index contributed by atoms with van der Waals surface area (Å²) in [6.45, 7) is 2.89. The van der Waals surface area contributed by atoms with Gasteiger partial charge in [0.25, 0.3) is 5.69 Å². The molecule has 0 bridgehead atoms. The highest BCUT2D eigenvalue weighted by atomic mass is 32.2. The first-order valence-electron chi connectivity index (χ1n) is 8.85. The van der Waals surface area contributed by atoms with E-state index in [0.29, 0.717) is 22.3 Å². The van der Waals surface area contributed by atoms with E-state index < -0.39 is 0 Å². The predicted molar refractivity (Wildman–Crippen MR) is 107 cm³/mol. The van der Waals surface area contributed by atoms with Gasteiger partial charge in [-0.2, -0.15) is 0 Å². The summed E-state index contributed by atoms with van der Waals surface area (Å²) in [5.41, 5.74) is 1.32. The van der Waals surface area contributed by atoms with Gasteiger partial charge in [-0.05, 0) is 18.2 Å². The first-order chi connectivity index (χ1) is 13.5. The van der Waals surface area contributed by atoms with Crippen LogP contribution in [0.25, 0.3) is 0 Å². The minimum atomic E-state index is -0.378. The summed E-state index contributed by atoms with van der Waals surface area (Å²) in [6, 6.07) is 8.12. The van der Waals surface area contributed by atoms with Gasteiger partial charge in [-0.3, -0.25) is 20.1 Å². The second-order valence-corrected chi connectivity index (χ2v) is 8.07. The van der Waals surface area contributed by atoms with Gasteiger partial charge in [0.2, 0.25) is 0 Å². The fourth-order valence-electron chi connectivity index (χ4n) is 3.73. The van der Waals surface area contributed by atoms with Crippen LogP contribution in [0.3, 0.4) is 0 Å². The second-order valence-electron chi connectivity index (χ2n) is 6.66. The molecule has 0 radical (unpaired) electrons. The van der Waals surface area contributed by atoms with Crippen LogP contribution >= 0.6 is 11.8 Å². The number of rotatable bonds is 5. The van der Waals surface area contributed by atoms with E-state index in [1.54, 1.807) is 24.0 Å². The van der Waals surface area contributed by atoms with E-state index in [2.05, 4.69) is 16.8 Å². The normalized spacial score (nSPS) is 23.3. The largest absolute Gasteiger partial charge is 0.493 e. The second kappa shape index (κ2) is 7.31. The molecule has 0 aliphatic carbocycles. The van der Waals surface area contributed by atoms with Crippen molar-refractivity contribution in [2.45, 2.75) is 24.3 Å². The summed E-state index contributed by atoms with van der Waals surface area (Å²) in [7, 11) is 2.99. The molecule has 3 heterocycles. The first kappa shape index (κ1) is 18.5. The Morgan fingerprint density at radius 1 is 1.25 bits per heavy atom. The number of aliphatic imine (C=N–C) groups is 1. The number of pyridine rings is 1. The van der Waals surface area contributed by atoms with Crippen LogP contribution in [-0.4, -0.2) is 46.0 Å². The average Bonchev–Trinajstić information content (AvgIpc) is 3.23. The zero-order valence-electron chi connectivity index (χ0n) is 15.7. The fourth-order valence-corrected chi connectivity index (χ4v) is 4.83. The molecule has 0 amide bonds. The Labute approximate surface area is 166 Å². The van der Waals surface area contributed by atoms with Crippen molar-refractivity contribution in [1.29, 1.82) is 0 Å². The lowest BCUT2D eigenvalue weighted by molar-refractivity contribution is -0.386. The molecule has 2 aromatic rings. The van der Waals surface area contributed by atoms with Crippen molar-refractivity contribution in [3.63, 3.8) is 0 Å². The minimum Gasteiger partial charge on any atom is -0.493 e. The number of fused-ring (bicyclic) bond motifs is 1. The molecule has 2 aliphatic heterocycles. The number of thioether (sulfide) groups is 1. The van der Waals surface area contributed by atoms with Crippen LogP contribution in [0.5, 0.6) is 11.5 Å². The molecule has 1 aromatic heterocycles. The number of nitro groups is 1. The van der Waals surface area contributed by atoms with Crippen LogP contribution in [0.1, 0.15) is 30.3 Å². The van der Waals surface area contributed by atoms with Crippen LogP contribution in [-0.2, 0) is 0 Å². The fraction of sp³-hybridized carbons (Fsp3) is 0.368. The highest BCUT2D eigenvalue weighted by Crippen LogP contribution is 2.51. The van der Waals surface area contributed by atoms with Gasteiger partial charge in [0.15, 0.2) is 16.7 Å². The Balaban J connectivity index is 1.88. The van der Waals surface area contributed by atoms with Crippen molar-refractivity contribution in [3.05, 3.63) is 57.9 Å². The summed E-state index contributed by atoms with van der Waals surface area (Å²) < 4.78 is 10.7. The maximum atomic E-state index is 11.9. The van der Waals surface area contributed by atoms with Gasteiger partial charge in [-0.1, -0.05) is 24.8 Å². The molecule has 8 nitrogen and oxygen atoms in total. The highest BCUT2D eigenvalue weighted by Gasteiger charge is 2.46. The zero-order valence-corrected chi connectivity index (χ0v) is 16.5. The first-order valence-corrected chi connectivity index (χ1v) is 9.73. The molecule has 0 N–H and O–H groups in total. The number of amidine groups is 1. The number of benzene rings is 1. The number of hydrogen-bond acceptors (Lipinski definition) is 8. The van der Waals surface area contributed by atoms with Crippen molar-refractivity contribution >= 4 is 22.6 Å². The third-order valence-electron chi connectivity index (χ3n) is 4.93. The number of nitrogens with zero attached hydrogens (tertiary/aromatic N) is 4. The molecule has 1 aromatic carbocycles. The van der Waals surface area contributed by atoms with E-state index in [0.717, 1.165) is 17.4 Å². The quantitative estimate of drug-likeness (QED) is 0.559. The van der Waals surface area contributed by atoms with Gasteiger partial charge in [0.05, 0.1) is 42.5 Å². The molecule has 0 saturated carbocycles. The smallest absolute Gasteiger partial charge is 0.278 e. The van der Waals surface area contributed by atoms with E-state index in [1.165, 1.54) is 20.3 Å². The molecule has 1 saturated heterocycles. The Morgan fingerprint density at radius 3 is 2.64 bits per heavy atom. The van der Waals surface area contributed by atoms with E-state index >= 15 is 0 Å². The van der Waals surface area contributed by atoms with Crippen LogP contribution in [0.15, 0.2) is 41.5 Å². The molecular weight excluding hydrogens is 380 g/mol. The van der Waals surface area contributed by atoms with Crippen LogP contribution in [0.4, 0.5) is 5.69 Å². The minimum absolute atomic E-state index is 0.00964. The third kappa shape index (κ3) is 3.05. The molecule has 9 heteroatoms. The molecule has 28 heavy (non-hydrogen) atoms. The van der Waals surface area contributed by atoms with Crippen LogP contribution < -0.4 is 9.47 Å². The average molecular weight is 400 g/mol. The third-order valence-corrected chi connectivity index (χ3v) is 6.03. The summed E-state index contributed by atoms with van der Waals surface area (Å²) in [4.78, 5) is 23.0. The van der Waals surface area contributed by atoms with Gasteiger partial charge in [-0.25, -0.2) is 0 Å². The van der Waals surface area contributed by atoms with Crippen molar-refractivity contribution in [2.24, 2.45) is 4.99 Å². The topological polar surface area (TPSA) is 90.1 Å². The van der Waals surface area contributed by atoms with Gasteiger partial charge < -0.3 is 14.4 Å². The van der Waals surface area contributed by atoms with E-state index in [-0.39, 0.29) is 22.7 Å². The highest BCUT2D eigenvalue weighted by molar-refractivity contribution is 8.14. The van der Waals surface area contributed by atoms with Gasteiger partial charge in [0, 0.05) is 18.0 Å². The van der Waals surface area contributed by atoms with Crippen molar-refractivity contribution in [3.8, 4) is 11.5 Å². The summed E-state index contributed by atoms with van der Waals surface area (Å²) in [5, 5.41) is 13.1. The van der Waals surface area contributed by atoms with Gasteiger partial charge in [-0.15, -0.1) is 0 Å². The molecular formula is C19H20N4O4S. The maximum absolute atomic E-state index is 11.9. The number of nitro benzene ring substituents is 1. The van der Waals surface area contributed by atoms with Crippen molar-refractivity contribution in [1.82, 2.24) is 9.88 Å². The molecule has 0 unspecified atom stereocenters. The number of ether oxygens (including phenoxy) is 2. The van der Waals surface area contributed by atoms with Crippen molar-refractivity contribution in [2.75, 3.05) is 20.8 Å². The Kier molecular flexibility index (Phi) is 4.84. The van der Waals surface area contributed by atoms with Gasteiger partial charge in [0.1, 0.15) is 6.04 Å². The van der Waals surface area contributed by atoms with Crippen LogP contribution in [0.2, 0.25) is 0 Å². The number of aromatic nitrogens is 1. The van der Waals surface area contributed by atoms with E-state index in [1.807, 2.05) is 18.2 Å². The lowest BCUT2D eigenvalue weighted by Crippen LogP contribution is -2.29. The number of methoxy groups -OCH3 is 2. The molecule has 3 atom stereocenters. The lowest BCUT2D eigenvalue weighted by Gasteiger charge is -2.27. The molecule has 146 valence electrons. The zero-order chi connectivity index (χ0) is 19.8. The van der Waals surface area contributed by atoms with Crippen molar-refractivity contribution < 1.29 is 14.4 Å². The monoisotopic (exact) mass is 400 g/mol. The summed E-state index contributed by atoms with van der Waals surface area (Å²) in [6.07, 6.45) is 1.72. The number of hydrogen-bond donors (Lipinski definition) is 0. The Bertz CT molecular complexity index is 937. The predicted octanol–water partition coefficient (Wildman–Crippen LogP) is 3.60.